The second kappa shape index (κ2) is 3.76. The molecule has 82 valence electrons. The molecule has 1 aliphatic rings. The molecule has 0 spiro atoms. The van der Waals surface area contributed by atoms with Crippen molar-refractivity contribution in [2.24, 2.45) is 0 Å². The van der Waals surface area contributed by atoms with E-state index in [2.05, 4.69) is 39.7 Å². The van der Waals surface area contributed by atoms with Crippen LogP contribution in [0.2, 0.25) is 0 Å². The van der Waals surface area contributed by atoms with Crippen molar-refractivity contribution in [2.75, 3.05) is 11.4 Å². The highest BCUT2D eigenvalue weighted by Gasteiger charge is 2.40. The number of hydrogen-bond donors (Lipinski definition) is 1. The van der Waals surface area contributed by atoms with E-state index in [-0.39, 0.29) is 11.6 Å². The number of nitrogens with zero attached hydrogens (tertiary/aromatic N) is 2. The molecule has 0 bridgehead atoms. The Balaban J connectivity index is 2.37. The zero-order chi connectivity index (χ0) is 11.1. The van der Waals surface area contributed by atoms with Gasteiger partial charge in [-0.25, -0.2) is 0 Å². The van der Waals surface area contributed by atoms with E-state index in [4.69, 9.17) is 0 Å². The summed E-state index contributed by atoms with van der Waals surface area (Å²) in [6.45, 7) is 5.02. The highest BCUT2D eigenvalue weighted by molar-refractivity contribution is 9.10. The molecule has 1 aromatic rings. The SMILES string of the molecule is CC1(C)C(O)CCN1c1ccncc1Br. The van der Waals surface area contributed by atoms with Crippen molar-refractivity contribution in [2.45, 2.75) is 31.9 Å². The number of aliphatic hydroxyl groups excluding tert-OH is 1. The first-order valence-electron chi connectivity index (χ1n) is 5.08. The molecule has 1 fully saturated rings. The fraction of sp³-hybridized carbons (Fsp3) is 0.545. The summed E-state index contributed by atoms with van der Waals surface area (Å²) >= 11 is 3.49. The summed E-state index contributed by atoms with van der Waals surface area (Å²) in [6, 6.07) is 1.98. The smallest absolute Gasteiger partial charge is 0.0783 e. The molecule has 1 unspecified atom stereocenters. The molecule has 0 aromatic carbocycles. The number of anilines is 1. The van der Waals surface area contributed by atoms with Crippen LogP contribution < -0.4 is 4.90 Å². The van der Waals surface area contributed by atoms with E-state index in [9.17, 15) is 5.11 Å². The molecule has 2 heterocycles. The van der Waals surface area contributed by atoms with Gasteiger partial charge >= 0.3 is 0 Å². The van der Waals surface area contributed by atoms with E-state index < -0.39 is 0 Å². The molecular weight excluding hydrogens is 256 g/mol. The average molecular weight is 271 g/mol. The standard InChI is InChI=1S/C11H15BrN2O/c1-11(2)10(15)4-6-14(11)9-3-5-13-7-8(9)12/h3,5,7,10,15H,4,6H2,1-2H3. The Bertz CT molecular complexity index is 367. The number of aromatic nitrogens is 1. The third-order valence-electron chi connectivity index (χ3n) is 3.18. The van der Waals surface area contributed by atoms with Crippen LogP contribution in [0.1, 0.15) is 20.3 Å². The number of pyridine rings is 1. The zero-order valence-corrected chi connectivity index (χ0v) is 10.5. The molecule has 1 aliphatic heterocycles. The second-order valence-corrected chi connectivity index (χ2v) is 5.29. The molecule has 4 heteroatoms. The van der Waals surface area contributed by atoms with Crippen LogP contribution in [0, 0.1) is 0 Å². The largest absolute Gasteiger partial charge is 0.391 e. The predicted molar refractivity (Wildman–Crippen MR) is 64.0 cm³/mol. The minimum atomic E-state index is -0.266. The van der Waals surface area contributed by atoms with Crippen molar-refractivity contribution >= 4 is 21.6 Å². The van der Waals surface area contributed by atoms with Crippen molar-refractivity contribution < 1.29 is 5.11 Å². The summed E-state index contributed by atoms with van der Waals surface area (Å²) in [7, 11) is 0. The van der Waals surface area contributed by atoms with Gasteiger partial charge in [-0.2, -0.15) is 0 Å². The van der Waals surface area contributed by atoms with Gasteiger partial charge in [0.25, 0.3) is 0 Å². The highest BCUT2D eigenvalue weighted by Crippen LogP contribution is 2.37. The van der Waals surface area contributed by atoms with Crippen molar-refractivity contribution in [1.82, 2.24) is 4.98 Å². The van der Waals surface area contributed by atoms with Gasteiger partial charge in [0.15, 0.2) is 0 Å². The lowest BCUT2D eigenvalue weighted by atomic mass is 9.98. The van der Waals surface area contributed by atoms with Crippen molar-refractivity contribution in [3.05, 3.63) is 22.9 Å². The van der Waals surface area contributed by atoms with Gasteiger partial charge in [-0.1, -0.05) is 0 Å². The van der Waals surface area contributed by atoms with Gasteiger partial charge in [0.05, 0.1) is 21.8 Å². The van der Waals surface area contributed by atoms with E-state index in [1.165, 1.54) is 0 Å². The third-order valence-corrected chi connectivity index (χ3v) is 3.79. The molecule has 0 radical (unpaired) electrons. The highest BCUT2D eigenvalue weighted by atomic mass is 79.9. The molecule has 1 saturated heterocycles. The molecule has 1 atom stereocenters. The van der Waals surface area contributed by atoms with Gasteiger partial charge in [0, 0.05) is 18.9 Å². The number of aliphatic hydroxyl groups is 1. The molecule has 0 saturated carbocycles. The van der Waals surface area contributed by atoms with Crippen LogP contribution in [-0.2, 0) is 0 Å². The summed E-state index contributed by atoms with van der Waals surface area (Å²) in [4.78, 5) is 6.27. The fourth-order valence-corrected chi connectivity index (χ4v) is 2.55. The summed E-state index contributed by atoms with van der Waals surface area (Å²) < 4.78 is 0.979. The Hall–Kier alpha value is -0.610. The van der Waals surface area contributed by atoms with Crippen LogP contribution in [-0.4, -0.2) is 28.3 Å². The molecule has 2 rings (SSSR count). The third kappa shape index (κ3) is 1.76. The van der Waals surface area contributed by atoms with Crippen LogP contribution >= 0.6 is 15.9 Å². The summed E-state index contributed by atoms with van der Waals surface area (Å²) in [5.74, 6) is 0. The van der Waals surface area contributed by atoms with Gasteiger partial charge in [-0.15, -0.1) is 0 Å². The molecule has 3 nitrogen and oxygen atoms in total. The van der Waals surface area contributed by atoms with Crippen LogP contribution in [0.25, 0.3) is 0 Å². The normalized spacial score (nSPS) is 24.5. The monoisotopic (exact) mass is 270 g/mol. The molecule has 0 aliphatic carbocycles. The van der Waals surface area contributed by atoms with Crippen molar-refractivity contribution in [1.29, 1.82) is 0 Å². The van der Waals surface area contributed by atoms with Gasteiger partial charge in [-0.05, 0) is 42.3 Å². The van der Waals surface area contributed by atoms with Crippen LogP contribution in [0.5, 0.6) is 0 Å². The first-order chi connectivity index (χ1) is 7.03. The topological polar surface area (TPSA) is 36.4 Å². The summed E-state index contributed by atoms with van der Waals surface area (Å²) in [5.41, 5.74) is 0.899. The van der Waals surface area contributed by atoms with Crippen molar-refractivity contribution in [3.8, 4) is 0 Å². The van der Waals surface area contributed by atoms with E-state index in [1.54, 1.807) is 12.4 Å². The Morgan fingerprint density at radius 2 is 2.33 bits per heavy atom. The minimum Gasteiger partial charge on any atom is -0.391 e. The number of halogens is 1. The van der Waals surface area contributed by atoms with Gasteiger partial charge in [-0.3, -0.25) is 4.98 Å². The first kappa shape index (κ1) is 10.9. The lowest BCUT2D eigenvalue weighted by molar-refractivity contribution is 0.127. The Morgan fingerprint density at radius 3 is 2.87 bits per heavy atom. The molecule has 15 heavy (non-hydrogen) atoms. The summed E-state index contributed by atoms with van der Waals surface area (Å²) in [6.07, 6.45) is 4.12. The molecule has 1 aromatic heterocycles. The quantitative estimate of drug-likeness (QED) is 0.850. The maximum atomic E-state index is 9.91. The number of rotatable bonds is 1. The lowest BCUT2D eigenvalue weighted by Gasteiger charge is -2.36. The van der Waals surface area contributed by atoms with Crippen LogP contribution in [0.3, 0.4) is 0 Å². The maximum absolute atomic E-state index is 9.91. The molecule has 0 amide bonds. The molecule has 1 N–H and O–H groups in total. The first-order valence-corrected chi connectivity index (χ1v) is 5.88. The van der Waals surface area contributed by atoms with Gasteiger partial charge in [0.1, 0.15) is 0 Å². The zero-order valence-electron chi connectivity index (χ0n) is 8.94. The van der Waals surface area contributed by atoms with Crippen molar-refractivity contribution in [3.63, 3.8) is 0 Å². The summed E-state index contributed by atoms with van der Waals surface area (Å²) in [5, 5.41) is 9.91. The van der Waals surface area contributed by atoms with Gasteiger partial charge < -0.3 is 10.0 Å². The fourth-order valence-electron chi connectivity index (χ4n) is 2.09. The predicted octanol–water partition coefficient (Wildman–Crippen LogP) is 2.19. The van der Waals surface area contributed by atoms with E-state index in [0.29, 0.717) is 0 Å². The Labute approximate surface area is 98.3 Å². The average Bonchev–Trinajstić information content (AvgIpc) is 2.44. The number of hydrogen-bond acceptors (Lipinski definition) is 3. The maximum Gasteiger partial charge on any atom is 0.0783 e. The van der Waals surface area contributed by atoms with Gasteiger partial charge in [0.2, 0.25) is 0 Å². The second-order valence-electron chi connectivity index (χ2n) is 4.44. The minimum absolute atomic E-state index is 0.204. The van der Waals surface area contributed by atoms with E-state index in [0.717, 1.165) is 23.1 Å². The lowest BCUT2D eigenvalue weighted by Crippen LogP contribution is -2.45. The van der Waals surface area contributed by atoms with E-state index in [1.807, 2.05) is 6.07 Å². The molecular formula is C11H15BrN2O. The van der Waals surface area contributed by atoms with E-state index >= 15 is 0 Å². The Kier molecular flexibility index (Phi) is 2.73. The Morgan fingerprint density at radius 1 is 1.60 bits per heavy atom. The van der Waals surface area contributed by atoms with Crippen LogP contribution in [0.4, 0.5) is 5.69 Å². The van der Waals surface area contributed by atoms with Crippen LogP contribution in [0.15, 0.2) is 22.9 Å².